The zero-order valence-electron chi connectivity index (χ0n) is 19.5. The van der Waals surface area contributed by atoms with Crippen LogP contribution >= 0.6 is 0 Å². The quantitative estimate of drug-likeness (QED) is 0.340. The summed E-state index contributed by atoms with van der Waals surface area (Å²) in [5.74, 6) is 0.601. The second-order valence-electron chi connectivity index (χ2n) is 10.0. The predicted molar refractivity (Wildman–Crippen MR) is 134 cm³/mol. The van der Waals surface area contributed by atoms with Crippen LogP contribution in [0.15, 0.2) is 91.0 Å². The van der Waals surface area contributed by atoms with Crippen LogP contribution in [-0.4, -0.2) is 17.9 Å². The summed E-state index contributed by atoms with van der Waals surface area (Å²) < 4.78 is 0. The Morgan fingerprint density at radius 1 is 0.818 bits per heavy atom. The first kappa shape index (κ1) is 20.2. The Hall–Kier alpha value is -3.39. The fourth-order valence-corrected chi connectivity index (χ4v) is 6.58. The summed E-state index contributed by atoms with van der Waals surface area (Å²) in [6.45, 7) is 4.36. The lowest BCUT2D eigenvalue weighted by Gasteiger charge is -2.52. The van der Waals surface area contributed by atoms with Crippen LogP contribution in [0.3, 0.4) is 0 Å². The molecule has 0 radical (unpaired) electrons. The van der Waals surface area contributed by atoms with Crippen molar-refractivity contribution in [1.82, 2.24) is 4.90 Å². The van der Waals surface area contributed by atoms with Crippen molar-refractivity contribution in [3.8, 4) is 0 Å². The highest BCUT2D eigenvalue weighted by atomic mass is 16.2. The number of nitrogens with zero attached hydrogens (tertiary/aromatic N) is 1. The molecule has 0 saturated carbocycles. The van der Waals surface area contributed by atoms with Crippen LogP contribution in [0.5, 0.6) is 0 Å². The molecule has 2 nitrogen and oxygen atoms in total. The SMILES string of the molecule is C[C@@H](c1cccc2ccccc12)N(C)C(=O)C1(C)CC2c3ccccc3C1c1ccccc12. The minimum atomic E-state index is -0.471. The summed E-state index contributed by atoms with van der Waals surface area (Å²) in [6, 6.07) is 32.4. The number of hydrogen-bond acceptors (Lipinski definition) is 1. The summed E-state index contributed by atoms with van der Waals surface area (Å²) in [5, 5.41) is 2.44. The van der Waals surface area contributed by atoms with Crippen LogP contribution < -0.4 is 0 Å². The van der Waals surface area contributed by atoms with E-state index in [1.807, 2.05) is 11.9 Å². The molecule has 0 N–H and O–H groups in total. The van der Waals surface area contributed by atoms with Gasteiger partial charge >= 0.3 is 0 Å². The summed E-state index contributed by atoms with van der Waals surface area (Å²) in [6.07, 6.45) is 0.858. The molecule has 3 aliphatic rings. The second kappa shape index (κ2) is 7.31. The van der Waals surface area contributed by atoms with Crippen molar-refractivity contribution in [3.63, 3.8) is 0 Å². The number of benzene rings is 4. The molecule has 0 spiro atoms. The van der Waals surface area contributed by atoms with Crippen LogP contribution in [0.1, 0.15) is 66.0 Å². The van der Waals surface area contributed by atoms with Gasteiger partial charge in [0.2, 0.25) is 5.91 Å². The van der Waals surface area contributed by atoms with E-state index in [0.717, 1.165) is 6.42 Å². The minimum Gasteiger partial charge on any atom is -0.338 e. The van der Waals surface area contributed by atoms with E-state index in [1.54, 1.807) is 0 Å². The zero-order valence-corrected chi connectivity index (χ0v) is 19.5. The zero-order chi connectivity index (χ0) is 22.7. The molecule has 0 heterocycles. The van der Waals surface area contributed by atoms with Gasteiger partial charge in [-0.3, -0.25) is 4.79 Å². The van der Waals surface area contributed by atoms with Crippen molar-refractivity contribution in [2.75, 3.05) is 7.05 Å². The van der Waals surface area contributed by atoms with Gasteiger partial charge in [0.15, 0.2) is 0 Å². The van der Waals surface area contributed by atoms with Crippen LogP contribution in [0.2, 0.25) is 0 Å². The van der Waals surface area contributed by atoms with Gasteiger partial charge in [-0.1, -0.05) is 91.0 Å². The Morgan fingerprint density at radius 3 is 2.03 bits per heavy atom. The number of carbonyl (C=O) groups excluding carboxylic acids is 1. The summed E-state index contributed by atoms with van der Waals surface area (Å²) >= 11 is 0. The van der Waals surface area contributed by atoms with E-state index >= 15 is 0 Å². The maximum absolute atomic E-state index is 14.3. The highest BCUT2D eigenvalue weighted by Gasteiger charge is 2.54. The molecular formula is C31H29NO. The summed E-state index contributed by atoms with van der Waals surface area (Å²) in [5.41, 5.74) is 6.19. The lowest BCUT2D eigenvalue weighted by molar-refractivity contribution is -0.144. The minimum absolute atomic E-state index is 0.00799. The Morgan fingerprint density at radius 2 is 1.36 bits per heavy atom. The molecule has 4 aromatic carbocycles. The van der Waals surface area contributed by atoms with Crippen LogP contribution in [0.4, 0.5) is 0 Å². The first-order valence-electron chi connectivity index (χ1n) is 11.9. The molecule has 1 amide bonds. The van der Waals surface area contributed by atoms with Crippen molar-refractivity contribution in [1.29, 1.82) is 0 Å². The van der Waals surface area contributed by atoms with Crippen molar-refractivity contribution in [2.45, 2.75) is 38.1 Å². The van der Waals surface area contributed by atoms with Gasteiger partial charge < -0.3 is 4.90 Å². The fourth-order valence-electron chi connectivity index (χ4n) is 6.58. The van der Waals surface area contributed by atoms with E-state index in [0.29, 0.717) is 0 Å². The average molecular weight is 432 g/mol. The Balaban J connectivity index is 1.43. The number of fused-ring (bicyclic) bond motifs is 2. The molecule has 1 unspecified atom stereocenters. The number of amides is 1. The van der Waals surface area contributed by atoms with Gasteiger partial charge in [0.1, 0.15) is 0 Å². The van der Waals surface area contributed by atoms with Gasteiger partial charge in [-0.2, -0.15) is 0 Å². The smallest absolute Gasteiger partial charge is 0.229 e. The summed E-state index contributed by atoms with van der Waals surface area (Å²) in [7, 11) is 1.99. The Bertz CT molecular complexity index is 1340. The van der Waals surface area contributed by atoms with Crippen molar-refractivity contribution in [2.24, 2.45) is 5.41 Å². The van der Waals surface area contributed by atoms with Gasteiger partial charge in [-0.05, 0) is 58.9 Å². The lowest BCUT2D eigenvalue weighted by Crippen LogP contribution is -2.50. The molecule has 2 atom stereocenters. The van der Waals surface area contributed by atoms with Crippen LogP contribution in [0.25, 0.3) is 10.8 Å². The number of rotatable bonds is 3. The Kier molecular flexibility index (Phi) is 4.48. The molecule has 4 aromatic rings. The van der Waals surface area contributed by atoms with E-state index in [-0.39, 0.29) is 23.8 Å². The van der Waals surface area contributed by atoms with Gasteiger partial charge in [0.05, 0.1) is 11.5 Å². The molecule has 0 saturated heterocycles. The van der Waals surface area contributed by atoms with E-state index < -0.39 is 5.41 Å². The third-order valence-corrected chi connectivity index (χ3v) is 8.29. The average Bonchev–Trinajstić information content (AvgIpc) is 2.87. The fraction of sp³-hybridized carbons (Fsp3) is 0.258. The normalized spacial score (nSPS) is 23.6. The predicted octanol–water partition coefficient (Wildman–Crippen LogP) is 7.05. The van der Waals surface area contributed by atoms with Crippen molar-refractivity contribution in [3.05, 3.63) is 119 Å². The van der Waals surface area contributed by atoms with Gasteiger partial charge in [0.25, 0.3) is 0 Å². The van der Waals surface area contributed by atoms with Gasteiger partial charge in [-0.25, -0.2) is 0 Å². The first-order chi connectivity index (χ1) is 16.0. The van der Waals surface area contributed by atoms with E-state index in [2.05, 4.69) is 105 Å². The molecule has 3 aliphatic carbocycles. The van der Waals surface area contributed by atoms with E-state index in [1.165, 1.54) is 38.6 Å². The number of carbonyl (C=O) groups is 1. The highest BCUT2D eigenvalue weighted by Crippen LogP contribution is 2.61. The van der Waals surface area contributed by atoms with Crippen molar-refractivity contribution >= 4 is 16.7 Å². The first-order valence-corrected chi connectivity index (χ1v) is 11.9. The molecule has 164 valence electrons. The summed E-state index contributed by atoms with van der Waals surface area (Å²) in [4.78, 5) is 16.3. The maximum atomic E-state index is 14.3. The van der Waals surface area contributed by atoms with Gasteiger partial charge in [0, 0.05) is 18.9 Å². The molecule has 33 heavy (non-hydrogen) atoms. The third kappa shape index (κ3) is 2.83. The molecule has 0 aliphatic heterocycles. The third-order valence-electron chi connectivity index (χ3n) is 8.29. The van der Waals surface area contributed by atoms with Crippen LogP contribution in [-0.2, 0) is 4.79 Å². The standard InChI is InChI=1S/C31H29NO/c1-20(22-18-10-12-21-11-4-5-13-23(21)22)32(3)30(33)31(2)19-28-24-14-6-8-16-26(24)29(31)27-17-9-7-15-25(27)28/h4-18,20,28-29H,19H2,1-3H3/t20-,28?,29?,31?/m0/s1. The largest absolute Gasteiger partial charge is 0.338 e. The van der Waals surface area contributed by atoms with Gasteiger partial charge in [-0.15, -0.1) is 0 Å². The Labute approximate surface area is 195 Å². The highest BCUT2D eigenvalue weighted by molar-refractivity contribution is 5.89. The van der Waals surface area contributed by atoms with Crippen LogP contribution in [0, 0.1) is 5.41 Å². The van der Waals surface area contributed by atoms with E-state index in [4.69, 9.17) is 0 Å². The second-order valence-corrected chi connectivity index (χ2v) is 10.0. The maximum Gasteiger partial charge on any atom is 0.229 e. The molecule has 7 rings (SSSR count). The van der Waals surface area contributed by atoms with Crippen molar-refractivity contribution < 1.29 is 4.79 Å². The number of hydrogen-bond donors (Lipinski definition) is 0. The molecule has 2 heteroatoms. The molecular weight excluding hydrogens is 402 g/mol. The monoisotopic (exact) mass is 431 g/mol. The topological polar surface area (TPSA) is 20.3 Å². The lowest BCUT2D eigenvalue weighted by atomic mass is 9.52. The molecule has 0 aromatic heterocycles. The molecule has 0 fully saturated rings. The molecule has 2 bridgehead atoms. The van der Waals surface area contributed by atoms with E-state index in [9.17, 15) is 4.79 Å².